The predicted molar refractivity (Wildman–Crippen MR) is 72.7 cm³/mol. The quantitative estimate of drug-likeness (QED) is 0.813. The van der Waals surface area contributed by atoms with E-state index in [-0.39, 0.29) is 12.5 Å². The molecule has 0 aliphatic rings. The van der Waals surface area contributed by atoms with Crippen LogP contribution < -0.4 is 5.32 Å². The van der Waals surface area contributed by atoms with Crippen LogP contribution in [0.3, 0.4) is 0 Å². The molecule has 2 aromatic rings. The van der Waals surface area contributed by atoms with Gasteiger partial charge < -0.3 is 10.4 Å². The van der Waals surface area contributed by atoms with Crippen molar-refractivity contribution >= 4 is 17.2 Å². The van der Waals surface area contributed by atoms with E-state index in [1.165, 1.54) is 11.3 Å². The second kappa shape index (κ2) is 6.18. The molecule has 0 saturated heterocycles. The zero-order valence-electron chi connectivity index (χ0n) is 10.4. The Morgan fingerprint density at radius 2 is 2.37 bits per heavy atom. The standard InChI is InChI=1S/C13H13N3O2S/c1-16-10(6-7-15-16)9-14-13(18)12-5-4-11(19-12)3-2-8-17/h4-7,17H,8-9H2,1H3,(H,14,18). The summed E-state index contributed by atoms with van der Waals surface area (Å²) in [4.78, 5) is 13.3. The van der Waals surface area contributed by atoms with Crippen LogP contribution in [0.25, 0.3) is 0 Å². The van der Waals surface area contributed by atoms with Crippen LogP contribution in [-0.4, -0.2) is 27.4 Å². The number of nitrogens with zero attached hydrogens (tertiary/aromatic N) is 2. The molecule has 0 unspecified atom stereocenters. The smallest absolute Gasteiger partial charge is 0.261 e. The molecule has 0 aliphatic carbocycles. The largest absolute Gasteiger partial charge is 0.384 e. The Labute approximate surface area is 114 Å². The first-order valence-corrected chi connectivity index (χ1v) is 6.47. The van der Waals surface area contributed by atoms with Gasteiger partial charge in [-0.25, -0.2) is 0 Å². The Balaban J connectivity index is 1.96. The molecule has 2 rings (SSSR count). The van der Waals surface area contributed by atoms with Crippen LogP contribution in [0, 0.1) is 11.8 Å². The molecule has 19 heavy (non-hydrogen) atoms. The fourth-order valence-electron chi connectivity index (χ4n) is 1.49. The maximum atomic E-state index is 11.9. The molecule has 2 aromatic heterocycles. The second-order valence-electron chi connectivity index (χ2n) is 3.75. The summed E-state index contributed by atoms with van der Waals surface area (Å²) in [6.45, 7) is 0.255. The number of hydrogen-bond acceptors (Lipinski definition) is 4. The van der Waals surface area contributed by atoms with Crippen molar-refractivity contribution in [3.63, 3.8) is 0 Å². The minimum Gasteiger partial charge on any atom is -0.384 e. The molecule has 0 bridgehead atoms. The molecule has 0 radical (unpaired) electrons. The Kier molecular flexibility index (Phi) is 4.34. The molecule has 5 nitrogen and oxygen atoms in total. The summed E-state index contributed by atoms with van der Waals surface area (Å²) in [6.07, 6.45) is 1.69. The molecule has 2 N–H and O–H groups in total. The van der Waals surface area contributed by atoms with Gasteiger partial charge in [0.05, 0.1) is 22.0 Å². The molecule has 0 saturated carbocycles. The first-order chi connectivity index (χ1) is 9.20. The number of thiophene rings is 1. The molecule has 2 heterocycles. The van der Waals surface area contributed by atoms with E-state index in [2.05, 4.69) is 22.3 Å². The van der Waals surface area contributed by atoms with Crippen LogP contribution >= 0.6 is 11.3 Å². The fraction of sp³-hybridized carbons (Fsp3) is 0.231. The van der Waals surface area contributed by atoms with Crippen LogP contribution in [0.4, 0.5) is 0 Å². The Bertz CT molecular complexity index is 634. The Morgan fingerprint density at radius 1 is 1.53 bits per heavy atom. The summed E-state index contributed by atoms with van der Waals surface area (Å²) in [7, 11) is 1.83. The molecule has 0 fully saturated rings. The number of rotatable bonds is 3. The summed E-state index contributed by atoms with van der Waals surface area (Å²) < 4.78 is 1.72. The van der Waals surface area contributed by atoms with Gasteiger partial charge in [0.25, 0.3) is 5.91 Å². The van der Waals surface area contributed by atoms with Gasteiger partial charge >= 0.3 is 0 Å². The van der Waals surface area contributed by atoms with Gasteiger partial charge in [0, 0.05) is 13.2 Å². The second-order valence-corrected chi connectivity index (χ2v) is 4.84. The van der Waals surface area contributed by atoms with Crippen molar-refractivity contribution < 1.29 is 9.90 Å². The van der Waals surface area contributed by atoms with E-state index in [0.717, 1.165) is 10.6 Å². The highest BCUT2D eigenvalue weighted by molar-refractivity contribution is 7.14. The van der Waals surface area contributed by atoms with Gasteiger partial charge in [-0.05, 0) is 18.2 Å². The average molecular weight is 275 g/mol. The molecule has 6 heteroatoms. The highest BCUT2D eigenvalue weighted by atomic mass is 32.1. The number of aromatic nitrogens is 2. The van der Waals surface area contributed by atoms with Gasteiger partial charge in [0.1, 0.15) is 6.61 Å². The van der Waals surface area contributed by atoms with Gasteiger partial charge in [-0.2, -0.15) is 5.10 Å². The lowest BCUT2D eigenvalue weighted by atomic mass is 10.3. The summed E-state index contributed by atoms with van der Waals surface area (Å²) in [5.41, 5.74) is 0.935. The molecular weight excluding hydrogens is 262 g/mol. The third-order valence-electron chi connectivity index (χ3n) is 2.47. The average Bonchev–Trinajstić information content (AvgIpc) is 3.03. The van der Waals surface area contributed by atoms with Crippen molar-refractivity contribution in [1.82, 2.24) is 15.1 Å². The van der Waals surface area contributed by atoms with Gasteiger partial charge in [0.15, 0.2) is 0 Å². The molecule has 98 valence electrons. The minimum atomic E-state index is -0.181. The van der Waals surface area contributed by atoms with Crippen molar-refractivity contribution in [2.45, 2.75) is 6.54 Å². The van der Waals surface area contributed by atoms with Crippen LogP contribution in [-0.2, 0) is 13.6 Å². The van der Waals surface area contributed by atoms with Crippen molar-refractivity contribution in [1.29, 1.82) is 0 Å². The normalized spacial score (nSPS) is 9.79. The van der Waals surface area contributed by atoms with E-state index < -0.39 is 0 Å². The van der Waals surface area contributed by atoms with Crippen molar-refractivity contribution in [3.8, 4) is 11.8 Å². The van der Waals surface area contributed by atoms with Gasteiger partial charge in [0.2, 0.25) is 0 Å². The maximum Gasteiger partial charge on any atom is 0.261 e. The lowest BCUT2D eigenvalue weighted by Gasteiger charge is -2.03. The van der Waals surface area contributed by atoms with Crippen LogP contribution in [0.2, 0.25) is 0 Å². The molecule has 1 amide bonds. The van der Waals surface area contributed by atoms with Crippen molar-refractivity contribution in [3.05, 3.63) is 39.8 Å². The van der Waals surface area contributed by atoms with E-state index in [0.29, 0.717) is 11.4 Å². The third-order valence-corrected chi connectivity index (χ3v) is 3.47. The summed E-state index contributed by atoms with van der Waals surface area (Å²) in [5, 5.41) is 15.5. The fourth-order valence-corrected chi connectivity index (χ4v) is 2.28. The zero-order chi connectivity index (χ0) is 13.7. The molecule has 0 aliphatic heterocycles. The van der Waals surface area contributed by atoms with E-state index in [9.17, 15) is 4.79 Å². The van der Waals surface area contributed by atoms with Gasteiger partial charge in [-0.3, -0.25) is 9.48 Å². The first kappa shape index (κ1) is 13.3. The Hall–Kier alpha value is -2.10. The molecule has 0 atom stereocenters. The van der Waals surface area contributed by atoms with Gasteiger partial charge in [-0.15, -0.1) is 11.3 Å². The number of amides is 1. The summed E-state index contributed by atoms with van der Waals surface area (Å²) in [5.74, 6) is 5.19. The number of carbonyl (C=O) groups is 1. The zero-order valence-corrected chi connectivity index (χ0v) is 11.2. The third kappa shape index (κ3) is 3.44. The molecule has 0 spiro atoms. The minimum absolute atomic E-state index is 0.136. The van der Waals surface area contributed by atoms with E-state index in [4.69, 9.17) is 5.11 Å². The number of hydrogen-bond donors (Lipinski definition) is 2. The summed E-state index contributed by atoms with van der Waals surface area (Å²) in [6, 6.07) is 5.35. The Morgan fingerprint density at radius 3 is 3.05 bits per heavy atom. The number of aryl methyl sites for hydroxylation is 1. The van der Waals surface area contributed by atoms with Crippen LogP contribution in [0.1, 0.15) is 20.2 Å². The maximum absolute atomic E-state index is 11.9. The number of nitrogens with one attached hydrogen (secondary N) is 1. The molecule has 0 aromatic carbocycles. The first-order valence-electron chi connectivity index (χ1n) is 5.65. The van der Waals surface area contributed by atoms with E-state index >= 15 is 0 Å². The number of aliphatic hydroxyl groups is 1. The van der Waals surface area contributed by atoms with E-state index in [1.807, 2.05) is 13.1 Å². The van der Waals surface area contributed by atoms with Crippen molar-refractivity contribution in [2.24, 2.45) is 7.05 Å². The molecular formula is C13H13N3O2S. The highest BCUT2D eigenvalue weighted by Gasteiger charge is 2.09. The SMILES string of the molecule is Cn1nccc1CNC(=O)c1ccc(C#CCO)s1. The lowest BCUT2D eigenvalue weighted by molar-refractivity contribution is 0.0954. The van der Waals surface area contributed by atoms with Gasteiger partial charge in [-0.1, -0.05) is 11.8 Å². The van der Waals surface area contributed by atoms with E-state index in [1.54, 1.807) is 23.0 Å². The van der Waals surface area contributed by atoms with Crippen LogP contribution in [0.5, 0.6) is 0 Å². The summed E-state index contributed by atoms with van der Waals surface area (Å²) >= 11 is 1.30. The monoisotopic (exact) mass is 275 g/mol. The lowest BCUT2D eigenvalue weighted by Crippen LogP contribution is -2.23. The van der Waals surface area contributed by atoms with Crippen LogP contribution in [0.15, 0.2) is 24.4 Å². The number of aliphatic hydroxyl groups excluding tert-OH is 1. The predicted octanol–water partition coefficient (Wildman–Crippen LogP) is 0.755. The number of carbonyl (C=O) groups excluding carboxylic acids is 1. The topological polar surface area (TPSA) is 67.2 Å². The highest BCUT2D eigenvalue weighted by Crippen LogP contribution is 2.15. The van der Waals surface area contributed by atoms with Crippen molar-refractivity contribution in [2.75, 3.05) is 6.61 Å².